The van der Waals surface area contributed by atoms with E-state index in [1.165, 1.54) is 29.0 Å². The van der Waals surface area contributed by atoms with Crippen molar-refractivity contribution in [2.75, 3.05) is 10.6 Å². The van der Waals surface area contributed by atoms with E-state index in [4.69, 9.17) is 17.3 Å². The highest BCUT2D eigenvalue weighted by atomic mass is 35.5. The van der Waals surface area contributed by atoms with Gasteiger partial charge in [0.05, 0.1) is 16.3 Å². The molecule has 1 unspecified atom stereocenters. The maximum absolute atomic E-state index is 14.8. The van der Waals surface area contributed by atoms with Crippen LogP contribution in [-0.4, -0.2) is 42.0 Å². The number of aromatic nitrogens is 2. The smallest absolute Gasteiger partial charge is 0.374 e. The van der Waals surface area contributed by atoms with Gasteiger partial charge >= 0.3 is 6.18 Å². The molecule has 0 radical (unpaired) electrons. The number of rotatable bonds is 4. The van der Waals surface area contributed by atoms with Crippen molar-refractivity contribution in [3.05, 3.63) is 40.6 Å². The number of nitrogens with one attached hydrogen (secondary N) is 1. The summed E-state index contributed by atoms with van der Waals surface area (Å²) in [6, 6.07) is 5.63. The summed E-state index contributed by atoms with van der Waals surface area (Å²) < 4.78 is 70.8. The Balaban J connectivity index is 2.01. The van der Waals surface area contributed by atoms with E-state index < -0.39 is 48.8 Å². The molecule has 2 aliphatic rings. The van der Waals surface area contributed by atoms with Gasteiger partial charge in [-0.3, -0.25) is 14.5 Å². The van der Waals surface area contributed by atoms with Crippen molar-refractivity contribution in [2.45, 2.75) is 42.7 Å². The monoisotopic (exact) mass is 535 g/mol. The van der Waals surface area contributed by atoms with Gasteiger partial charge in [0.2, 0.25) is 15.0 Å². The molecule has 0 saturated carbocycles. The molecule has 34 heavy (non-hydrogen) atoms. The van der Waals surface area contributed by atoms with E-state index in [1.54, 1.807) is 13.8 Å². The average molecular weight is 536 g/mol. The molecule has 4 rings (SSSR count). The molecule has 0 saturated heterocycles. The fourth-order valence-electron chi connectivity index (χ4n) is 4.18. The molecule has 1 aliphatic heterocycles. The number of ketones is 1. The molecule has 1 amide bonds. The SMILES string of the molecule is CC1(C)CC(=O)C2=C(C1)N(c1ccccc1Cl)C(=O)C2(NS(=O)(=O)c1nnc(N)s1)C(F)(F)F. The fraction of sp³-hybridized carbons (Fsp3) is 0.368. The van der Waals surface area contributed by atoms with Gasteiger partial charge in [-0.2, -0.15) is 17.9 Å². The van der Waals surface area contributed by atoms with Gasteiger partial charge in [-0.15, -0.1) is 10.2 Å². The number of anilines is 2. The first-order valence-electron chi connectivity index (χ1n) is 9.66. The highest BCUT2D eigenvalue weighted by Gasteiger charge is 2.72. The number of sulfonamides is 1. The molecule has 1 aromatic heterocycles. The number of hydrogen-bond donors (Lipinski definition) is 2. The predicted octanol–water partition coefficient (Wildman–Crippen LogP) is 3.04. The van der Waals surface area contributed by atoms with Gasteiger partial charge in [-0.25, -0.2) is 8.42 Å². The Morgan fingerprint density at radius 1 is 1.18 bits per heavy atom. The summed E-state index contributed by atoms with van der Waals surface area (Å²) >= 11 is 6.50. The highest BCUT2D eigenvalue weighted by Crippen LogP contribution is 2.54. The summed E-state index contributed by atoms with van der Waals surface area (Å²) in [4.78, 5) is 27.5. The lowest BCUT2D eigenvalue weighted by Gasteiger charge is -2.35. The number of hydrogen-bond acceptors (Lipinski definition) is 8. The summed E-state index contributed by atoms with van der Waals surface area (Å²) in [5.74, 6) is -2.73. The Kier molecular flexibility index (Phi) is 5.59. The molecule has 0 fully saturated rings. The van der Waals surface area contributed by atoms with Crippen LogP contribution in [-0.2, 0) is 19.6 Å². The van der Waals surface area contributed by atoms with Crippen LogP contribution in [0.25, 0.3) is 0 Å². The minimum atomic E-state index is -5.54. The number of benzene rings is 1. The normalized spacial score (nSPS) is 22.9. The second kappa shape index (κ2) is 7.73. The zero-order valence-electron chi connectivity index (χ0n) is 17.6. The van der Waals surface area contributed by atoms with Crippen molar-refractivity contribution in [3.8, 4) is 0 Å². The van der Waals surface area contributed by atoms with Crippen molar-refractivity contribution < 1.29 is 31.2 Å². The van der Waals surface area contributed by atoms with Crippen LogP contribution in [0.2, 0.25) is 5.02 Å². The third kappa shape index (κ3) is 3.68. The van der Waals surface area contributed by atoms with Gasteiger partial charge in [0.15, 0.2) is 5.78 Å². The van der Waals surface area contributed by atoms with Gasteiger partial charge in [0.1, 0.15) is 0 Å². The quantitative estimate of drug-likeness (QED) is 0.614. The Bertz CT molecular complexity index is 1360. The molecule has 2 heterocycles. The molecule has 1 aromatic carbocycles. The number of alkyl halides is 3. The highest BCUT2D eigenvalue weighted by molar-refractivity contribution is 7.91. The summed E-state index contributed by atoms with van der Waals surface area (Å²) in [7, 11) is -5.09. The van der Waals surface area contributed by atoms with E-state index >= 15 is 0 Å². The maximum atomic E-state index is 14.8. The number of para-hydroxylation sites is 1. The zero-order chi connectivity index (χ0) is 25.3. The van der Waals surface area contributed by atoms with Crippen LogP contribution in [0.5, 0.6) is 0 Å². The maximum Gasteiger partial charge on any atom is 0.421 e. The van der Waals surface area contributed by atoms with Crippen LogP contribution in [0.3, 0.4) is 0 Å². The molecule has 15 heteroatoms. The van der Waals surface area contributed by atoms with Gasteiger partial charge in [0, 0.05) is 12.1 Å². The largest absolute Gasteiger partial charge is 0.421 e. The van der Waals surface area contributed by atoms with Crippen LogP contribution in [0.1, 0.15) is 26.7 Å². The second-order valence-corrected chi connectivity index (χ2v) is 11.9. The molecular formula is C19H17ClF3N5O4S2. The standard InChI is InChI=1S/C19H17ClF3N5O4S2/c1-17(2)7-11-13(12(29)8-17)18(19(21,22)23,27-34(31,32)16-26-25-15(24)33-16)14(30)28(11)10-6-4-3-5-9(10)20/h3-6,27H,7-8H2,1-2H3,(H2,24,25). The Morgan fingerprint density at radius 2 is 1.82 bits per heavy atom. The molecule has 0 bridgehead atoms. The second-order valence-electron chi connectivity index (χ2n) is 8.61. The summed E-state index contributed by atoms with van der Waals surface area (Å²) in [6.45, 7) is 3.32. The van der Waals surface area contributed by atoms with E-state index in [1.807, 2.05) is 0 Å². The molecule has 0 spiro atoms. The Hall–Kier alpha value is -2.55. The fourth-order valence-corrected chi connectivity index (χ4v) is 6.51. The van der Waals surface area contributed by atoms with E-state index in [2.05, 4.69) is 10.2 Å². The number of nitrogen functional groups attached to an aromatic ring is 1. The first-order chi connectivity index (χ1) is 15.6. The van der Waals surface area contributed by atoms with E-state index in [-0.39, 0.29) is 34.4 Å². The zero-order valence-corrected chi connectivity index (χ0v) is 20.0. The van der Waals surface area contributed by atoms with Crippen LogP contribution in [0.15, 0.2) is 39.9 Å². The average Bonchev–Trinajstić information content (AvgIpc) is 3.22. The molecule has 182 valence electrons. The molecule has 3 N–H and O–H groups in total. The van der Waals surface area contributed by atoms with Crippen molar-refractivity contribution in [2.24, 2.45) is 5.41 Å². The number of allylic oxidation sites excluding steroid dienone is 1. The molecule has 1 atom stereocenters. The Morgan fingerprint density at radius 3 is 2.38 bits per heavy atom. The first kappa shape index (κ1) is 24.6. The van der Waals surface area contributed by atoms with Crippen molar-refractivity contribution >= 4 is 55.5 Å². The summed E-state index contributed by atoms with van der Waals surface area (Å²) in [5, 5.41) is 6.22. The molecule has 1 aliphatic carbocycles. The van der Waals surface area contributed by atoms with E-state index in [0.29, 0.717) is 16.2 Å². The third-order valence-electron chi connectivity index (χ3n) is 5.48. The van der Waals surface area contributed by atoms with Gasteiger partial charge < -0.3 is 5.73 Å². The van der Waals surface area contributed by atoms with Gasteiger partial charge in [0.25, 0.3) is 15.9 Å². The number of nitrogens with two attached hydrogens (primary N) is 1. The summed E-state index contributed by atoms with van der Waals surface area (Å²) in [6.07, 6.45) is -5.99. The van der Waals surface area contributed by atoms with Crippen molar-refractivity contribution in [3.63, 3.8) is 0 Å². The predicted molar refractivity (Wildman–Crippen MR) is 117 cm³/mol. The van der Waals surface area contributed by atoms with Crippen LogP contribution >= 0.6 is 22.9 Å². The molecule has 2 aromatic rings. The van der Waals surface area contributed by atoms with Crippen LogP contribution < -0.4 is 15.4 Å². The summed E-state index contributed by atoms with van der Waals surface area (Å²) in [5.41, 5.74) is -0.679. The van der Waals surface area contributed by atoms with Gasteiger partial charge in [-0.05, 0) is 24.0 Å². The van der Waals surface area contributed by atoms with Crippen molar-refractivity contribution in [1.82, 2.24) is 14.9 Å². The number of amides is 1. The number of Topliss-reactive ketones (excluding diaryl/α,β-unsaturated/α-hetero) is 1. The van der Waals surface area contributed by atoms with Crippen molar-refractivity contribution in [1.29, 1.82) is 0 Å². The lowest BCUT2D eigenvalue weighted by Crippen LogP contribution is -2.66. The first-order valence-corrected chi connectivity index (χ1v) is 12.3. The lowest BCUT2D eigenvalue weighted by molar-refractivity contribution is -0.184. The van der Waals surface area contributed by atoms with Gasteiger partial charge in [-0.1, -0.05) is 48.9 Å². The minimum Gasteiger partial charge on any atom is -0.374 e. The molecule has 9 nitrogen and oxygen atoms in total. The number of halogens is 4. The number of carbonyl (C=O) groups is 2. The topological polar surface area (TPSA) is 135 Å². The Labute approximate surface area is 200 Å². The van der Waals surface area contributed by atoms with Crippen LogP contribution in [0, 0.1) is 5.41 Å². The lowest BCUT2D eigenvalue weighted by atomic mass is 9.72. The minimum absolute atomic E-state index is 0.0590. The van der Waals surface area contributed by atoms with E-state index in [0.717, 1.165) is 0 Å². The number of nitrogens with zero attached hydrogens (tertiary/aromatic N) is 3. The number of carbonyl (C=O) groups excluding carboxylic acids is 2. The molecular weight excluding hydrogens is 519 g/mol. The van der Waals surface area contributed by atoms with E-state index in [9.17, 15) is 31.2 Å². The third-order valence-corrected chi connectivity index (χ3v) is 8.37. The van der Waals surface area contributed by atoms with Crippen LogP contribution in [0.4, 0.5) is 24.0 Å².